The summed E-state index contributed by atoms with van der Waals surface area (Å²) in [6.45, 7) is 1.30. The molecule has 7 heteroatoms. The molecule has 0 unspecified atom stereocenters. The fraction of sp³-hybridized carbons (Fsp3) is 0.0556. The second-order valence-corrected chi connectivity index (χ2v) is 5.73. The van der Waals surface area contributed by atoms with E-state index in [9.17, 15) is 14.9 Å². The minimum Gasteiger partial charge on any atom is -0.427 e. The number of ether oxygens (including phenoxy) is 1. The van der Waals surface area contributed by atoms with E-state index in [0.29, 0.717) is 27.0 Å². The Bertz CT molecular complexity index is 884. The molecule has 0 atom stereocenters. The number of carbonyl (C=O) groups is 2. The Balaban J connectivity index is 2.15. The van der Waals surface area contributed by atoms with Crippen LogP contribution >= 0.6 is 23.2 Å². The first-order valence-corrected chi connectivity index (χ1v) is 7.81. The molecule has 0 spiro atoms. The molecular formula is C18H12Cl2N2O3. The molecule has 2 aromatic rings. The van der Waals surface area contributed by atoms with Crippen LogP contribution in [0.15, 0.2) is 48.0 Å². The SMILES string of the molecule is CC(=O)Oc1ccc(/C=C(/C#N)C(=O)Nc2ccc(Cl)c(Cl)c2)cc1. The van der Waals surface area contributed by atoms with Crippen molar-refractivity contribution in [2.75, 3.05) is 5.32 Å². The highest BCUT2D eigenvalue weighted by Gasteiger charge is 2.10. The van der Waals surface area contributed by atoms with Crippen LogP contribution < -0.4 is 10.1 Å². The molecule has 0 saturated carbocycles. The number of esters is 1. The standard InChI is InChI=1S/C18H12Cl2N2O3/c1-11(23)25-15-5-2-12(3-6-15)8-13(10-21)18(24)22-14-4-7-16(19)17(20)9-14/h2-9H,1H3,(H,22,24)/b13-8-. The number of nitrogens with zero attached hydrogens (tertiary/aromatic N) is 1. The van der Waals surface area contributed by atoms with Crippen LogP contribution in [-0.4, -0.2) is 11.9 Å². The second kappa shape index (κ2) is 8.34. The molecule has 2 rings (SSSR count). The normalized spacial score (nSPS) is 10.7. The molecule has 1 amide bonds. The van der Waals surface area contributed by atoms with Crippen LogP contribution in [0, 0.1) is 11.3 Å². The molecule has 0 radical (unpaired) electrons. The molecule has 0 aliphatic rings. The summed E-state index contributed by atoms with van der Waals surface area (Å²) in [5, 5.41) is 12.4. The zero-order valence-corrected chi connectivity index (χ0v) is 14.6. The van der Waals surface area contributed by atoms with Gasteiger partial charge in [-0.15, -0.1) is 0 Å². The smallest absolute Gasteiger partial charge is 0.308 e. The quantitative estimate of drug-likeness (QED) is 0.370. The number of anilines is 1. The molecule has 2 aromatic carbocycles. The van der Waals surface area contributed by atoms with Gasteiger partial charge in [-0.2, -0.15) is 5.26 Å². The fourth-order valence-corrected chi connectivity index (χ4v) is 2.18. The Hall–Kier alpha value is -2.81. The lowest BCUT2D eigenvalue weighted by Gasteiger charge is -2.06. The van der Waals surface area contributed by atoms with Crippen molar-refractivity contribution >= 4 is 46.8 Å². The highest BCUT2D eigenvalue weighted by molar-refractivity contribution is 6.42. The number of hydrogen-bond acceptors (Lipinski definition) is 4. The van der Waals surface area contributed by atoms with Gasteiger partial charge in [0.25, 0.3) is 5.91 Å². The highest BCUT2D eigenvalue weighted by atomic mass is 35.5. The number of benzene rings is 2. The summed E-state index contributed by atoms with van der Waals surface area (Å²) in [5.41, 5.74) is 0.939. The highest BCUT2D eigenvalue weighted by Crippen LogP contribution is 2.25. The second-order valence-electron chi connectivity index (χ2n) is 4.92. The van der Waals surface area contributed by atoms with Crippen LogP contribution in [0.3, 0.4) is 0 Å². The summed E-state index contributed by atoms with van der Waals surface area (Å²) in [6.07, 6.45) is 1.42. The third-order valence-corrected chi connectivity index (χ3v) is 3.73. The third kappa shape index (κ3) is 5.35. The molecule has 0 saturated heterocycles. The first-order chi connectivity index (χ1) is 11.9. The predicted octanol–water partition coefficient (Wildman–Crippen LogP) is 4.46. The van der Waals surface area contributed by atoms with Crippen LogP contribution in [0.1, 0.15) is 12.5 Å². The maximum absolute atomic E-state index is 12.2. The number of halogens is 2. The molecule has 126 valence electrons. The van der Waals surface area contributed by atoms with E-state index in [1.54, 1.807) is 36.4 Å². The zero-order valence-electron chi connectivity index (χ0n) is 13.0. The van der Waals surface area contributed by atoms with E-state index in [1.807, 2.05) is 6.07 Å². The minimum absolute atomic E-state index is 0.0914. The lowest BCUT2D eigenvalue weighted by molar-refractivity contribution is -0.131. The van der Waals surface area contributed by atoms with Crippen molar-refractivity contribution in [2.45, 2.75) is 6.92 Å². The molecule has 25 heavy (non-hydrogen) atoms. The van der Waals surface area contributed by atoms with Crippen molar-refractivity contribution in [3.63, 3.8) is 0 Å². The lowest BCUT2D eigenvalue weighted by atomic mass is 10.1. The molecule has 0 aliphatic heterocycles. The minimum atomic E-state index is -0.579. The predicted molar refractivity (Wildman–Crippen MR) is 96.4 cm³/mol. The van der Waals surface area contributed by atoms with Gasteiger partial charge in [0, 0.05) is 12.6 Å². The van der Waals surface area contributed by atoms with Crippen molar-refractivity contribution in [3.8, 4) is 11.8 Å². The average Bonchev–Trinajstić information content (AvgIpc) is 2.57. The fourth-order valence-electron chi connectivity index (χ4n) is 1.89. The molecule has 5 nitrogen and oxygen atoms in total. The first kappa shape index (κ1) is 18.5. The number of nitrogens with one attached hydrogen (secondary N) is 1. The van der Waals surface area contributed by atoms with Gasteiger partial charge < -0.3 is 10.1 Å². The Morgan fingerprint density at radius 3 is 2.36 bits per heavy atom. The van der Waals surface area contributed by atoms with E-state index >= 15 is 0 Å². The summed E-state index contributed by atoms with van der Waals surface area (Å²) in [6, 6.07) is 12.9. The monoisotopic (exact) mass is 374 g/mol. The van der Waals surface area contributed by atoms with Gasteiger partial charge in [-0.1, -0.05) is 35.3 Å². The van der Waals surface area contributed by atoms with Gasteiger partial charge in [0.15, 0.2) is 0 Å². The molecule has 0 aromatic heterocycles. The summed E-state index contributed by atoms with van der Waals surface area (Å²) >= 11 is 11.7. The molecule has 1 N–H and O–H groups in total. The number of rotatable bonds is 4. The summed E-state index contributed by atoms with van der Waals surface area (Å²) < 4.78 is 4.92. The summed E-state index contributed by atoms with van der Waals surface area (Å²) in [7, 11) is 0. The summed E-state index contributed by atoms with van der Waals surface area (Å²) in [4.78, 5) is 23.1. The van der Waals surface area contributed by atoms with Crippen molar-refractivity contribution in [1.82, 2.24) is 0 Å². The maximum atomic E-state index is 12.2. The van der Waals surface area contributed by atoms with Crippen LogP contribution in [0.25, 0.3) is 6.08 Å². The number of hydrogen-bond donors (Lipinski definition) is 1. The Labute approximate surface area is 154 Å². The maximum Gasteiger partial charge on any atom is 0.308 e. The van der Waals surface area contributed by atoms with E-state index in [2.05, 4.69) is 5.32 Å². The van der Waals surface area contributed by atoms with Gasteiger partial charge in [0.2, 0.25) is 0 Å². The van der Waals surface area contributed by atoms with Gasteiger partial charge >= 0.3 is 5.97 Å². The van der Waals surface area contributed by atoms with E-state index in [1.165, 1.54) is 19.1 Å². The van der Waals surface area contributed by atoms with E-state index in [4.69, 9.17) is 27.9 Å². The number of amides is 1. The Kier molecular flexibility index (Phi) is 6.18. The largest absolute Gasteiger partial charge is 0.427 e. The molecule has 0 heterocycles. The van der Waals surface area contributed by atoms with Crippen molar-refractivity contribution in [3.05, 3.63) is 63.6 Å². The Morgan fingerprint density at radius 2 is 1.80 bits per heavy atom. The van der Waals surface area contributed by atoms with Crippen LogP contribution in [0.5, 0.6) is 5.75 Å². The Morgan fingerprint density at radius 1 is 1.12 bits per heavy atom. The lowest BCUT2D eigenvalue weighted by Crippen LogP contribution is -2.13. The zero-order chi connectivity index (χ0) is 18.4. The molecule has 0 aliphatic carbocycles. The van der Waals surface area contributed by atoms with E-state index in [0.717, 1.165) is 0 Å². The van der Waals surface area contributed by atoms with Gasteiger partial charge in [-0.05, 0) is 42.0 Å². The molecule has 0 bridgehead atoms. The number of carbonyl (C=O) groups excluding carboxylic acids is 2. The van der Waals surface area contributed by atoms with Gasteiger partial charge in [-0.25, -0.2) is 0 Å². The molecule has 0 fully saturated rings. The van der Waals surface area contributed by atoms with Gasteiger partial charge in [0.1, 0.15) is 17.4 Å². The topological polar surface area (TPSA) is 79.2 Å². The summed E-state index contributed by atoms with van der Waals surface area (Å²) in [5.74, 6) is -0.629. The van der Waals surface area contributed by atoms with Crippen LogP contribution in [-0.2, 0) is 9.59 Å². The van der Waals surface area contributed by atoms with Crippen molar-refractivity contribution < 1.29 is 14.3 Å². The van der Waals surface area contributed by atoms with E-state index in [-0.39, 0.29) is 5.57 Å². The van der Waals surface area contributed by atoms with Crippen molar-refractivity contribution in [2.24, 2.45) is 0 Å². The van der Waals surface area contributed by atoms with Crippen molar-refractivity contribution in [1.29, 1.82) is 5.26 Å². The van der Waals surface area contributed by atoms with Gasteiger partial charge in [-0.3, -0.25) is 9.59 Å². The first-order valence-electron chi connectivity index (χ1n) is 7.05. The van der Waals surface area contributed by atoms with E-state index < -0.39 is 11.9 Å². The number of nitriles is 1. The average molecular weight is 375 g/mol. The van der Waals surface area contributed by atoms with Crippen LogP contribution in [0.4, 0.5) is 5.69 Å². The van der Waals surface area contributed by atoms with Crippen LogP contribution in [0.2, 0.25) is 10.0 Å². The third-order valence-electron chi connectivity index (χ3n) is 3.00. The van der Waals surface area contributed by atoms with Gasteiger partial charge in [0.05, 0.1) is 10.0 Å². The molecular weight excluding hydrogens is 363 g/mol.